The second kappa shape index (κ2) is 5.55. The van der Waals surface area contributed by atoms with Crippen molar-refractivity contribution in [2.45, 2.75) is 0 Å². The summed E-state index contributed by atoms with van der Waals surface area (Å²) >= 11 is 0. The lowest BCUT2D eigenvalue weighted by Gasteiger charge is -2.34. The maximum absolute atomic E-state index is 5.72. The Balaban J connectivity index is 1.65. The van der Waals surface area contributed by atoms with Gasteiger partial charge in [-0.25, -0.2) is 4.52 Å². The van der Waals surface area contributed by atoms with Crippen molar-refractivity contribution < 1.29 is 0 Å². The highest BCUT2D eigenvalue weighted by atomic mass is 15.3. The summed E-state index contributed by atoms with van der Waals surface area (Å²) < 4.78 is 1.79. The Labute approximate surface area is 135 Å². The minimum absolute atomic E-state index is 0.298. The van der Waals surface area contributed by atoms with E-state index in [1.165, 1.54) is 5.69 Å². The molecule has 0 bridgehead atoms. The monoisotopic (exact) mass is 308 g/mol. The molecule has 1 aliphatic rings. The van der Waals surface area contributed by atoms with Gasteiger partial charge in [0.25, 0.3) is 0 Å². The first-order valence-corrected chi connectivity index (χ1v) is 7.86. The fourth-order valence-electron chi connectivity index (χ4n) is 3.05. The largest absolute Gasteiger partial charge is 0.369 e. The quantitative estimate of drug-likeness (QED) is 0.781. The topological polar surface area (TPSA) is 62.7 Å². The molecule has 0 atom stereocenters. The molecule has 1 aliphatic heterocycles. The predicted molar refractivity (Wildman–Crippen MR) is 92.5 cm³/mol. The number of benzene rings is 1. The van der Waals surface area contributed by atoms with Gasteiger partial charge in [-0.05, 0) is 31.3 Å². The van der Waals surface area contributed by atoms with E-state index in [0.717, 1.165) is 43.1 Å². The fourth-order valence-corrected chi connectivity index (χ4v) is 3.05. The lowest BCUT2D eigenvalue weighted by Crippen LogP contribution is -2.44. The average Bonchev–Trinajstić information content (AvgIpc) is 2.96. The number of aromatic nitrogens is 3. The molecule has 1 fully saturated rings. The lowest BCUT2D eigenvalue weighted by molar-refractivity contribution is 0.313. The van der Waals surface area contributed by atoms with E-state index >= 15 is 0 Å². The zero-order chi connectivity index (χ0) is 15.8. The van der Waals surface area contributed by atoms with E-state index in [1.807, 2.05) is 18.2 Å². The van der Waals surface area contributed by atoms with Crippen molar-refractivity contribution in [3.05, 3.63) is 42.5 Å². The normalized spacial score (nSPS) is 16.1. The fraction of sp³-hybridized carbons (Fsp3) is 0.294. The number of nitrogen functional groups attached to an aromatic ring is 1. The summed E-state index contributed by atoms with van der Waals surface area (Å²) in [4.78, 5) is 9.00. The van der Waals surface area contributed by atoms with Crippen LogP contribution < -0.4 is 10.6 Å². The SMILES string of the molecule is CN1CCN(c2ccc(-c3cccc4nc(N)nn34)cc2)CC1. The van der Waals surface area contributed by atoms with Gasteiger partial charge in [0.15, 0.2) is 5.65 Å². The summed E-state index contributed by atoms with van der Waals surface area (Å²) in [5, 5.41) is 4.28. The molecule has 0 aliphatic carbocycles. The van der Waals surface area contributed by atoms with Gasteiger partial charge < -0.3 is 15.5 Å². The highest BCUT2D eigenvalue weighted by Crippen LogP contribution is 2.24. The molecule has 2 N–H and O–H groups in total. The van der Waals surface area contributed by atoms with Crippen molar-refractivity contribution in [1.29, 1.82) is 0 Å². The Bertz CT molecular complexity index is 815. The molecule has 0 amide bonds. The third-order valence-electron chi connectivity index (χ3n) is 4.41. The van der Waals surface area contributed by atoms with Crippen molar-refractivity contribution >= 4 is 17.3 Å². The van der Waals surface area contributed by atoms with Crippen molar-refractivity contribution in [3.8, 4) is 11.3 Å². The number of hydrogen-bond acceptors (Lipinski definition) is 5. The molecule has 1 saturated heterocycles. The molecule has 3 aromatic rings. The number of rotatable bonds is 2. The highest BCUT2D eigenvalue weighted by Gasteiger charge is 2.14. The zero-order valence-electron chi connectivity index (χ0n) is 13.2. The van der Waals surface area contributed by atoms with Gasteiger partial charge in [-0.1, -0.05) is 18.2 Å². The van der Waals surface area contributed by atoms with Crippen LogP contribution in [0.3, 0.4) is 0 Å². The van der Waals surface area contributed by atoms with Crippen LogP contribution in [0.4, 0.5) is 11.6 Å². The van der Waals surface area contributed by atoms with Gasteiger partial charge in [0, 0.05) is 37.4 Å². The second-order valence-electron chi connectivity index (χ2n) is 5.99. The third kappa shape index (κ3) is 2.61. The van der Waals surface area contributed by atoms with E-state index in [0.29, 0.717) is 5.95 Å². The molecular formula is C17H20N6. The van der Waals surface area contributed by atoms with E-state index in [2.05, 4.69) is 51.2 Å². The first kappa shape index (κ1) is 14.0. The molecule has 0 spiro atoms. The molecule has 118 valence electrons. The van der Waals surface area contributed by atoms with Crippen molar-refractivity contribution in [3.63, 3.8) is 0 Å². The van der Waals surface area contributed by atoms with Crippen LogP contribution in [-0.2, 0) is 0 Å². The number of nitrogens with two attached hydrogens (primary N) is 1. The van der Waals surface area contributed by atoms with Crippen LogP contribution >= 0.6 is 0 Å². The molecule has 23 heavy (non-hydrogen) atoms. The lowest BCUT2D eigenvalue weighted by atomic mass is 10.1. The Hall–Kier alpha value is -2.60. The summed E-state index contributed by atoms with van der Waals surface area (Å²) in [5.74, 6) is 0.298. The molecule has 1 aromatic carbocycles. The average molecular weight is 308 g/mol. The molecule has 0 unspecified atom stereocenters. The molecule has 3 heterocycles. The summed E-state index contributed by atoms with van der Waals surface area (Å²) in [6, 6.07) is 14.6. The summed E-state index contributed by atoms with van der Waals surface area (Å²) in [5.41, 5.74) is 9.86. The van der Waals surface area contributed by atoms with Gasteiger partial charge in [0.2, 0.25) is 5.95 Å². The minimum Gasteiger partial charge on any atom is -0.369 e. The third-order valence-corrected chi connectivity index (χ3v) is 4.41. The number of likely N-dealkylation sites (N-methyl/N-ethyl adjacent to an activating group) is 1. The van der Waals surface area contributed by atoms with E-state index < -0.39 is 0 Å². The van der Waals surface area contributed by atoms with Crippen LogP contribution in [0.1, 0.15) is 0 Å². The Kier molecular flexibility index (Phi) is 3.38. The number of pyridine rings is 1. The van der Waals surface area contributed by atoms with E-state index in [9.17, 15) is 0 Å². The van der Waals surface area contributed by atoms with Crippen LogP contribution in [0.2, 0.25) is 0 Å². The van der Waals surface area contributed by atoms with Gasteiger partial charge in [0.05, 0.1) is 5.69 Å². The Morgan fingerprint density at radius 3 is 2.43 bits per heavy atom. The van der Waals surface area contributed by atoms with Crippen molar-refractivity contribution in [2.24, 2.45) is 0 Å². The number of hydrogen-bond donors (Lipinski definition) is 1. The first-order chi connectivity index (χ1) is 11.2. The number of piperazine rings is 1. The maximum Gasteiger partial charge on any atom is 0.240 e. The molecule has 0 saturated carbocycles. The van der Waals surface area contributed by atoms with Crippen LogP contribution in [0.5, 0.6) is 0 Å². The highest BCUT2D eigenvalue weighted by molar-refractivity contribution is 5.66. The summed E-state index contributed by atoms with van der Waals surface area (Å²) in [6.07, 6.45) is 0. The molecule has 6 nitrogen and oxygen atoms in total. The van der Waals surface area contributed by atoms with Crippen molar-refractivity contribution in [1.82, 2.24) is 19.5 Å². The maximum atomic E-state index is 5.72. The van der Waals surface area contributed by atoms with Crippen LogP contribution in [0.15, 0.2) is 42.5 Å². The summed E-state index contributed by atoms with van der Waals surface area (Å²) in [7, 11) is 2.17. The number of nitrogens with zero attached hydrogens (tertiary/aromatic N) is 5. The van der Waals surface area contributed by atoms with Gasteiger partial charge in [0.1, 0.15) is 0 Å². The molecule has 4 rings (SSSR count). The molecule has 0 radical (unpaired) electrons. The predicted octanol–water partition coefficient (Wildman–Crippen LogP) is 1.73. The second-order valence-corrected chi connectivity index (χ2v) is 5.99. The first-order valence-electron chi connectivity index (χ1n) is 7.86. The van der Waals surface area contributed by atoms with E-state index in [-0.39, 0.29) is 0 Å². The Morgan fingerprint density at radius 1 is 0.957 bits per heavy atom. The van der Waals surface area contributed by atoms with Gasteiger partial charge in [-0.3, -0.25) is 0 Å². The minimum atomic E-state index is 0.298. The van der Waals surface area contributed by atoms with Crippen molar-refractivity contribution in [2.75, 3.05) is 43.9 Å². The molecule has 2 aromatic heterocycles. The Morgan fingerprint density at radius 2 is 1.70 bits per heavy atom. The number of anilines is 2. The summed E-state index contributed by atoms with van der Waals surface area (Å²) in [6.45, 7) is 4.37. The van der Waals surface area contributed by atoms with Crippen LogP contribution in [-0.4, -0.2) is 52.7 Å². The van der Waals surface area contributed by atoms with Crippen LogP contribution in [0, 0.1) is 0 Å². The zero-order valence-corrected chi connectivity index (χ0v) is 13.2. The van der Waals surface area contributed by atoms with E-state index in [4.69, 9.17) is 5.73 Å². The van der Waals surface area contributed by atoms with Crippen LogP contribution in [0.25, 0.3) is 16.9 Å². The van der Waals surface area contributed by atoms with Gasteiger partial charge >= 0.3 is 0 Å². The van der Waals surface area contributed by atoms with Gasteiger partial charge in [-0.15, -0.1) is 5.10 Å². The number of fused-ring (bicyclic) bond motifs is 1. The molecular weight excluding hydrogens is 288 g/mol. The van der Waals surface area contributed by atoms with E-state index in [1.54, 1.807) is 4.52 Å². The standard InChI is InChI=1S/C17H20N6/c1-21-9-11-22(12-10-21)14-7-5-13(6-8-14)15-3-2-4-16-19-17(18)20-23(15)16/h2-8H,9-12H2,1H3,(H2,18,20). The van der Waals surface area contributed by atoms with Gasteiger partial charge in [-0.2, -0.15) is 4.98 Å². The smallest absolute Gasteiger partial charge is 0.240 e. The molecule has 6 heteroatoms.